The van der Waals surface area contributed by atoms with Crippen molar-refractivity contribution in [2.45, 2.75) is 0 Å². The molecule has 8 nitrogen and oxygen atoms in total. The van der Waals surface area contributed by atoms with Crippen LogP contribution in [-0.2, 0) is 50.5 Å². The smallest absolute Gasteiger partial charge is 0 e. The van der Waals surface area contributed by atoms with Gasteiger partial charge in [-0.2, -0.15) is 16.8 Å². The molecule has 0 rings (SSSR count). The summed E-state index contributed by atoms with van der Waals surface area (Å²) in [6.07, 6.45) is 0. The maximum atomic E-state index is 9.51. The van der Waals surface area contributed by atoms with Crippen LogP contribution in [0.4, 0.5) is 0 Å². The van der Waals surface area contributed by atoms with Crippen molar-refractivity contribution < 1.29 is 55.7 Å². The van der Waals surface area contributed by atoms with Gasteiger partial charge in [-0.25, -0.2) is 0 Å². The summed E-state index contributed by atoms with van der Waals surface area (Å²) >= 11 is 0. The second-order valence-electron chi connectivity index (χ2n) is 0.992. The summed E-state index contributed by atoms with van der Waals surface area (Å²) in [4.78, 5) is 0. The summed E-state index contributed by atoms with van der Waals surface area (Å²) in [5.41, 5.74) is 0. The number of hydrogen-bond acceptors (Lipinski definition) is 6. The van der Waals surface area contributed by atoms with Gasteiger partial charge in [0, 0.05) is 21.1 Å². The fraction of sp³-hybridized carbons (Fsp3) is 0. The van der Waals surface area contributed by atoms with Gasteiger partial charge < -0.3 is 0 Å². The van der Waals surface area contributed by atoms with Gasteiger partial charge in [0.2, 0.25) is 0 Å². The van der Waals surface area contributed by atoms with Crippen LogP contribution >= 0.6 is 0 Å². The van der Waals surface area contributed by atoms with Crippen molar-refractivity contribution in [1.29, 1.82) is 0 Å². The minimum Gasteiger partial charge on any atom is 0 e. The van der Waals surface area contributed by atoms with Crippen LogP contribution in [0.5, 0.6) is 0 Å². The van der Waals surface area contributed by atoms with Gasteiger partial charge in [-0.1, -0.05) is 8.67 Å². The van der Waals surface area contributed by atoms with Gasteiger partial charge >= 0.3 is 72.2 Å². The summed E-state index contributed by atoms with van der Waals surface area (Å²) in [5.74, 6) is 0. The first kappa shape index (κ1) is 19.6. The molecule has 0 aliphatic rings. The average Bonchev–Trinajstić information content (AvgIpc) is 1.57. The van der Waals surface area contributed by atoms with Gasteiger partial charge in [-0.05, 0) is 0 Å². The van der Waals surface area contributed by atoms with Crippen LogP contribution in [0.2, 0.25) is 0 Å². The molecule has 0 heterocycles. The predicted molar refractivity (Wildman–Crippen MR) is 32.4 cm³/mol. The minimum atomic E-state index is -5.02. The molecule has 0 atom stereocenters. The van der Waals surface area contributed by atoms with Crippen LogP contribution in [0.25, 0.3) is 0 Å². The Hall–Kier alpha value is 2.06. The monoisotopic (exact) mass is 332 g/mol. The first-order valence-corrected chi connectivity index (χ1v) is 4.26. The van der Waals surface area contributed by atoms with Crippen LogP contribution in [0.1, 0.15) is 0 Å². The third-order valence-corrected chi connectivity index (χ3v) is 0.766. The maximum absolute atomic E-state index is 9.51. The van der Waals surface area contributed by atoms with E-state index in [-0.39, 0.29) is 72.4 Å². The van der Waals surface area contributed by atoms with E-state index in [1.807, 2.05) is 0 Å². The van der Waals surface area contributed by atoms with Crippen molar-refractivity contribution in [3.63, 3.8) is 0 Å². The Kier molecular flexibility index (Phi) is 12.0. The van der Waals surface area contributed by atoms with E-state index in [4.69, 9.17) is 9.11 Å². The SMILES string of the molecule is O=S(=O)(O)OOS(=O)(=O)O.[KH].[Mo]. The molecular formula is H3KMoO8S2. The Morgan fingerprint density at radius 3 is 1.08 bits per heavy atom. The second kappa shape index (κ2) is 7.37. The Bertz CT molecular complexity index is 253. The zero-order valence-electron chi connectivity index (χ0n) is 4.57. The standard InChI is InChI=1S/K.Mo.H2O8S2.H/c;;1-9(2,3)7-8-10(4,5)6;/h;;(H,1,2,3)(H,4,5,6);. The van der Waals surface area contributed by atoms with E-state index in [9.17, 15) is 16.8 Å². The third-order valence-electron chi connectivity index (χ3n) is 0.200. The molecule has 70 valence electrons. The largest absolute Gasteiger partial charge is 0 e. The minimum absolute atomic E-state index is 0. The molecular weight excluding hydrogens is 327 g/mol. The molecule has 0 unspecified atom stereocenters. The van der Waals surface area contributed by atoms with E-state index in [1.165, 1.54) is 0 Å². The molecule has 0 amide bonds. The maximum Gasteiger partial charge on any atom is 0 e. The zero-order valence-corrected chi connectivity index (χ0v) is 8.21. The molecule has 0 aliphatic heterocycles. The Morgan fingerprint density at radius 1 is 0.833 bits per heavy atom. The molecule has 0 spiro atoms. The van der Waals surface area contributed by atoms with Crippen molar-refractivity contribution in [3.05, 3.63) is 0 Å². The topological polar surface area (TPSA) is 127 Å². The van der Waals surface area contributed by atoms with E-state index in [0.29, 0.717) is 0 Å². The molecule has 0 radical (unpaired) electrons. The zero-order chi connectivity index (χ0) is 8.41. The Morgan fingerprint density at radius 2 is 1.00 bits per heavy atom. The molecule has 12 heavy (non-hydrogen) atoms. The first-order chi connectivity index (χ1) is 4.21. The fourth-order valence-corrected chi connectivity index (χ4v) is 0.632. The molecule has 0 aromatic carbocycles. The Balaban J connectivity index is -0.000000405. The normalized spacial score (nSPS) is 11.2. The second-order valence-corrected chi connectivity index (χ2v) is 2.97. The van der Waals surface area contributed by atoms with Crippen LogP contribution in [0.3, 0.4) is 0 Å². The van der Waals surface area contributed by atoms with Crippen LogP contribution in [0.15, 0.2) is 0 Å². The summed E-state index contributed by atoms with van der Waals surface area (Å²) in [5, 5.41) is 0. The van der Waals surface area contributed by atoms with Crippen molar-refractivity contribution in [1.82, 2.24) is 0 Å². The van der Waals surface area contributed by atoms with Crippen LogP contribution in [-0.4, -0.2) is 77.3 Å². The summed E-state index contributed by atoms with van der Waals surface area (Å²) in [6.45, 7) is 0. The molecule has 12 heteroatoms. The van der Waals surface area contributed by atoms with E-state index >= 15 is 0 Å². The van der Waals surface area contributed by atoms with Gasteiger partial charge in [-0.15, -0.1) is 0 Å². The van der Waals surface area contributed by atoms with Crippen LogP contribution < -0.4 is 0 Å². The Labute approximate surface area is 126 Å². The molecule has 2 N–H and O–H groups in total. The molecule has 0 fully saturated rings. The van der Waals surface area contributed by atoms with E-state index in [2.05, 4.69) is 8.67 Å². The van der Waals surface area contributed by atoms with Crippen molar-refractivity contribution in [2.24, 2.45) is 0 Å². The van der Waals surface area contributed by atoms with Crippen molar-refractivity contribution >= 4 is 72.2 Å². The van der Waals surface area contributed by atoms with Crippen LogP contribution in [0, 0.1) is 0 Å². The molecule has 0 aromatic heterocycles. The molecule has 0 aromatic rings. The summed E-state index contributed by atoms with van der Waals surface area (Å²) in [7, 11) is -10.0. The van der Waals surface area contributed by atoms with Gasteiger partial charge in [0.25, 0.3) is 0 Å². The van der Waals surface area contributed by atoms with Crippen molar-refractivity contribution in [2.75, 3.05) is 0 Å². The van der Waals surface area contributed by atoms with Crippen molar-refractivity contribution in [3.8, 4) is 0 Å². The van der Waals surface area contributed by atoms with Gasteiger partial charge in [0.15, 0.2) is 0 Å². The third kappa shape index (κ3) is 18.0. The number of rotatable bonds is 3. The van der Waals surface area contributed by atoms with Gasteiger partial charge in [0.1, 0.15) is 0 Å². The molecule has 0 saturated carbocycles. The van der Waals surface area contributed by atoms with Gasteiger partial charge in [0.05, 0.1) is 0 Å². The first-order valence-electron chi connectivity index (χ1n) is 1.53. The van der Waals surface area contributed by atoms with E-state index < -0.39 is 20.8 Å². The molecule has 0 aliphatic carbocycles. The van der Waals surface area contributed by atoms with E-state index in [1.54, 1.807) is 0 Å². The molecule has 0 bridgehead atoms. The average molecular weight is 330 g/mol. The van der Waals surface area contributed by atoms with Gasteiger partial charge in [-0.3, -0.25) is 9.11 Å². The van der Waals surface area contributed by atoms with E-state index in [0.717, 1.165) is 0 Å². The summed E-state index contributed by atoms with van der Waals surface area (Å²) in [6, 6.07) is 0. The fourth-order valence-electron chi connectivity index (χ4n) is 0.0702. The predicted octanol–water partition coefficient (Wildman–Crippen LogP) is -2.11. The molecule has 0 saturated heterocycles. The quantitative estimate of drug-likeness (QED) is 0.260. The summed E-state index contributed by atoms with van der Waals surface area (Å²) < 4.78 is 58.9. The number of hydrogen-bond donors (Lipinski definition) is 2.